The van der Waals surface area contributed by atoms with Gasteiger partial charge in [-0.15, -0.1) is 0 Å². The third-order valence-electron chi connectivity index (χ3n) is 2.75. The molecule has 2 aromatic rings. The highest BCUT2D eigenvalue weighted by molar-refractivity contribution is 7.89. The summed E-state index contributed by atoms with van der Waals surface area (Å²) in [7, 11) is -3.60. The zero-order chi connectivity index (χ0) is 15.3. The van der Waals surface area contributed by atoms with Crippen molar-refractivity contribution in [3.63, 3.8) is 0 Å². The minimum absolute atomic E-state index is 0.00664. The fraction of sp³-hybridized carbons (Fsp3) is 0.385. The van der Waals surface area contributed by atoms with Crippen molar-refractivity contribution in [2.24, 2.45) is 0 Å². The molecule has 0 aliphatic heterocycles. The minimum Gasteiger partial charge on any atom is -0.343 e. The summed E-state index contributed by atoms with van der Waals surface area (Å²) in [4.78, 5) is 3.98. The van der Waals surface area contributed by atoms with Crippen molar-refractivity contribution in [1.29, 1.82) is 0 Å². The zero-order valence-electron chi connectivity index (χ0n) is 11.9. The molecular formula is C13H18N4O3S. The van der Waals surface area contributed by atoms with E-state index in [-0.39, 0.29) is 17.3 Å². The van der Waals surface area contributed by atoms with Gasteiger partial charge in [-0.3, -0.25) is 0 Å². The summed E-state index contributed by atoms with van der Waals surface area (Å²) in [6.07, 6.45) is 1.15. The van der Waals surface area contributed by atoms with E-state index < -0.39 is 10.0 Å². The topological polar surface area (TPSA) is 97.1 Å². The molecule has 0 aliphatic rings. The molecule has 1 heterocycles. The van der Waals surface area contributed by atoms with Crippen LogP contribution < -0.4 is 10.0 Å². The van der Waals surface area contributed by atoms with Crippen LogP contribution in [0.3, 0.4) is 0 Å². The van der Waals surface area contributed by atoms with Gasteiger partial charge in [0.25, 0.3) is 0 Å². The van der Waals surface area contributed by atoms with E-state index in [1.54, 1.807) is 18.2 Å². The Morgan fingerprint density at radius 3 is 2.76 bits per heavy atom. The maximum atomic E-state index is 12.2. The lowest BCUT2D eigenvalue weighted by Gasteiger charge is -2.10. The normalized spacial score (nSPS) is 12.0. The lowest BCUT2D eigenvalue weighted by molar-refractivity contribution is 0.409. The van der Waals surface area contributed by atoms with Crippen LogP contribution in [0.15, 0.2) is 40.1 Å². The summed E-state index contributed by atoms with van der Waals surface area (Å²) in [5.74, 6) is 0.288. The van der Waals surface area contributed by atoms with Gasteiger partial charge in [0.05, 0.1) is 11.4 Å². The van der Waals surface area contributed by atoms with Gasteiger partial charge in [-0.25, -0.2) is 13.1 Å². The van der Waals surface area contributed by atoms with Crippen LogP contribution in [-0.4, -0.2) is 24.6 Å². The molecule has 2 rings (SSSR count). The van der Waals surface area contributed by atoms with Crippen molar-refractivity contribution >= 4 is 10.0 Å². The van der Waals surface area contributed by atoms with Crippen LogP contribution in [0.2, 0.25) is 0 Å². The summed E-state index contributed by atoms with van der Waals surface area (Å²) in [5, 5.41) is 6.80. The van der Waals surface area contributed by atoms with E-state index in [0.29, 0.717) is 12.6 Å². The van der Waals surface area contributed by atoms with E-state index in [2.05, 4.69) is 24.7 Å². The van der Waals surface area contributed by atoms with Crippen LogP contribution in [0.5, 0.6) is 0 Å². The molecule has 0 radical (unpaired) electrons. The van der Waals surface area contributed by atoms with E-state index in [1.807, 2.05) is 19.9 Å². The van der Waals surface area contributed by atoms with E-state index in [9.17, 15) is 8.42 Å². The number of aromatic nitrogens is 2. The van der Waals surface area contributed by atoms with Gasteiger partial charge in [0, 0.05) is 12.6 Å². The number of nitrogens with zero attached hydrogens (tertiary/aromatic N) is 2. The van der Waals surface area contributed by atoms with Crippen LogP contribution in [-0.2, 0) is 23.1 Å². The summed E-state index contributed by atoms with van der Waals surface area (Å²) >= 11 is 0. The molecule has 7 nitrogen and oxygen atoms in total. The molecular weight excluding hydrogens is 292 g/mol. The van der Waals surface area contributed by atoms with Crippen LogP contribution in [0.1, 0.15) is 25.2 Å². The Bertz CT molecular complexity index is 668. The molecule has 0 spiro atoms. The smallest absolute Gasteiger partial charge is 0.240 e. The van der Waals surface area contributed by atoms with Crippen LogP contribution >= 0.6 is 0 Å². The fourth-order valence-electron chi connectivity index (χ4n) is 1.66. The standard InChI is InChI=1S/C13H18N4O3S/c1-10(2)14-7-11-4-3-5-12(6-11)21(18,19)16-8-13-15-9-20-17-13/h3-6,9-10,14,16H,7-8H2,1-2H3. The maximum Gasteiger partial charge on any atom is 0.240 e. The van der Waals surface area contributed by atoms with Gasteiger partial charge in [-0.1, -0.05) is 31.1 Å². The number of nitrogens with one attached hydrogen (secondary N) is 2. The first-order valence-corrected chi connectivity index (χ1v) is 8.03. The molecule has 114 valence electrons. The predicted molar refractivity (Wildman–Crippen MR) is 76.7 cm³/mol. The molecule has 0 saturated heterocycles. The van der Waals surface area contributed by atoms with Crippen molar-refractivity contribution in [2.45, 2.75) is 37.9 Å². The van der Waals surface area contributed by atoms with E-state index >= 15 is 0 Å². The summed E-state index contributed by atoms with van der Waals surface area (Å²) in [6, 6.07) is 7.14. The summed E-state index contributed by atoms with van der Waals surface area (Å²) in [6.45, 7) is 4.68. The molecule has 0 aliphatic carbocycles. The average Bonchev–Trinajstić information content (AvgIpc) is 2.97. The SMILES string of the molecule is CC(C)NCc1cccc(S(=O)(=O)NCc2ncon2)c1. The Kier molecular flexibility index (Phi) is 5.05. The molecule has 8 heteroatoms. The highest BCUT2D eigenvalue weighted by atomic mass is 32.2. The number of sulfonamides is 1. The predicted octanol–water partition coefficient (Wildman–Crippen LogP) is 1.05. The fourth-order valence-corrected chi connectivity index (χ4v) is 2.71. The van der Waals surface area contributed by atoms with Gasteiger partial charge < -0.3 is 9.84 Å². The van der Waals surface area contributed by atoms with E-state index in [0.717, 1.165) is 12.0 Å². The highest BCUT2D eigenvalue weighted by Crippen LogP contribution is 2.12. The van der Waals surface area contributed by atoms with Crippen molar-refractivity contribution in [3.8, 4) is 0 Å². The highest BCUT2D eigenvalue weighted by Gasteiger charge is 2.15. The Hall–Kier alpha value is -1.77. The lowest BCUT2D eigenvalue weighted by atomic mass is 10.2. The number of rotatable bonds is 7. The maximum absolute atomic E-state index is 12.2. The Morgan fingerprint density at radius 2 is 2.10 bits per heavy atom. The first-order valence-electron chi connectivity index (χ1n) is 6.54. The first-order chi connectivity index (χ1) is 9.97. The van der Waals surface area contributed by atoms with Gasteiger partial charge in [0.15, 0.2) is 5.82 Å². The number of benzene rings is 1. The summed E-state index contributed by atoms with van der Waals surface area (Å²) < 4.78 is 31.4. The molecule has 0 amide bonds. The molecule has 21 heavy (non-hydrogen) atoms. The van der Waals surface area contributed by atoms with Gasteiger partial charge in [0.1, 0.15) is 0 Å². The van der Waals surface area contributed by atoms with E-state index in [1.165, 1.54) is 0 Å². The second kappa shape index (κ2) is 6.79. The molecule has 0 fully saturated rings. The number of hydrogen-bond acceptors (Lipinski definition) is 6. The lowest BCUT2D eigenvalue weighted by Crippen LogP contribution is -2.25. The minimum atomic E-state index is -3.60. The second-order valence-electron chi connectivity index (χ2n) is 4.85. The Balaban J connectivity index is 2.06. The van der Waals surface area contributed by atoms with Crippen molar-refractivity contribution in [3.05, 3.63) is 42.0 Å². The van der Waals surface area contributed by atoms with Gasteiger partial charge in [-0.05, 0) is 17.7 Å². The largest absolute Gasteiger partial charge is 0.343 e. The third-order valence-corrected chi connectivity index (χ3v) is 4.15. The molecule has 2 N–H and O–H groups in total. The van der Waals surface area contributed by atoms with Crippen molar-refractivity contribution in [2.75, 3.05) is 0 Å². The molecule has 1 aromatic carbocycles. The van der Waals surface area contributed by atoms with Crippen LogP contribution in [0.25, 0.3) is 0 Å². The Morgan fingerprint density at radius 1 is 1.29 bits per heavy atom. The van der Waals surface area contributed by atoms with Crippen molar-refractivity contribution in [1.82, 2.24) is 20.2 Å². The Labute approximate surface area is 123 Å². The molecule has 0 bridgehead atoms. The molecule has 1 aromatic heterocycles. The first kappa shape index (κ1) is 15.6. The monoisotopic (exact) mass is 310 g/mol. The molecule has 0 unspecified atom stereocenters. The second-order valence-corrected chi connectivity index (χ2v) is 6.62. The van der Waals surface area contributed by atoms with E-state index in [4.69, 9.17) is 0 Å². The van der Waals surface area contributed by atoms with Crippen LogP contribution in [0.4, 0.5) is 0 Å². The zero-order valence-corrected chi connectivity index (χ0v) is 12.7. The number of hydrogen-bond donors (Lipinski definition) is 2. The van der Waals surface area contributed by atoms with Gasteiger partial charge >= 0.3 is 0 Å². The van der Waals surface area contributed by atoms with Gasteiger partial charge in [0.2, 0.25) is 16.4 Å². The average molecular weight is 310 g/mol. The summed E-state index contributed by atoms with van der Waals surface area (Å²) in [5.41, 5.74) is 0.908. The molecule has 0 saturated carbocycles. The molecule has 0 atom stereocenters. The van der Waals surface area contributed by atoms with Gasteiger partial charge in [-0.2, -0.15) is 4.98 Å². The van der Waals surface area contributed by atoms with Crippen LogP contribution in [0, 0.1) is 0 Å². The quantitative estimate of drug-likeness (QED) is 0.793. The third kappa shape index (κ3) is 4.62. The van der Waals surface area contributed by atoms with Crippen molar-refractivity contribution < 1.29 is 12.9 Å².